The highest BCUT2D eigenvalue weighted by molar-refractivity contribution is 5.97. The zero-order valence-corrected chi connectivity index (χ0v) is 22.0. The van der Waals surface area contributed by atoms with E-state index in [2.05, 4.69) is 28.9 Å². The number of benzene rings is 1. The van der Waals surface area contributed by atoms with Crippen molar-refractivity contribution in [3.8, 4) is 17.1 Å². The number of carbonyl (C=O) groups excluding carboxylic acids is 1. The summed E-state index contributed by atoms with van der Waals surface area (Å²) in [5.41, 5.74) is 6.85. The summed E-state index contributed by atoms with van der Waals surface area (Å²) < 4.78 is 17.1. The fourth-order valence-corrected chi connectivity index (χ4v) is 5.43. The number of carbonyl (C=O) groups is 1. The Morgan fingerprint density at radius 1 is 1.14 bits per heavy atom. The molecule has 1 aliphatic rings. The smallest absolute Gasteiger partial charge is 0.257 e. The number of aromatic nitrogens is 6. The van der Waals surface area contributed by atoms with Crippen molar-refractivity contribution in [3.63, 3.8) is 0 Å². The van der Waals surface area contributed by atoms with Gasteiger partial charge in [-0.2, -0.15) is 10.2 Å². The Balaban J connectivity index is 1.46. The summed E-state index contributed by atoms with van der Waals surface area (Å²) >= 11 is 0. The molecule has 1 fully saturated rings. The van der Waals surface area contributed by atoms with Crippen LogP contribution in [0.15, 0.2) is 36.7 Å². The Morgan fingerprint density at radius 2 is 1.89 bits per heavy atom. The quantitative estimate of drug-likeness (QED) is 0.386. The summed E-state index contributed by atoms with van der Waals surface area (Å²) in [6, 6.07) is 8.64. The van der Waals surface area contributed by atoms with Crippen LogP contribution in [0.1, 0.15) is 65.4 Å². The van der Waals surface area contributed by atoms with E-state index in [0.29, 0.717) is 23.5 Å². The van der Waals surface area contributed by atoms with Crippen LogP contribution in [0.3, 0.4) is 0 Å². The predicted molar refractivity (Wildman–Crippen MR) is 139 cm³/mol. The first-order valence-corrected chi connectivity index (χ1v) is 12.8. The van der Waals surface area contributed by atoms with Crippen molar-refractivity contribution in [1.82, 2.24) is 34.4 Å². The minimum absolute atomic E-state index is 0.0370. The minimum atomic E-state index is -0.262. The van der Waals surface area contributed by atoms with Crippen LogP contribution in [0.25, 0.3) is 17.1 Å². The number of nitrogens with zero attached hydrogens (tertiary/aromatic N) is 7. The Labute approximate surface area is 216 Å². The molecule has 1 amide bonds. The molecule has 1 aliphatic heterocycles. The van der Waals surface area contributed by atoms with E-state index < -0.39 is 0 Å². The topological polar surface area (TPSA) is 81.7 Å². The van der Waals surface area contributed by atoms with Gasteiger partial charge in [-0.3, -0.25) is 9.48 Å². The number of aryl methyl sites for hydroxylation is 2. The lowest BCUT2D eigenvalue weighted by Gasteiger charge is -2.21. The van der Waals surface area contributed by atoms with Gasteiger partial charge in [-0.15, -0.1) is 0 Å². The van der Waals surface area contributed by atoms with Crippen LogP contribution in [0, 0.1) is 19.7 Å². The van der Waals surface area contributed by atoms with Crippen LogP contribution in [0.2, 0.25) is 0 Å². The van der Waals surface area contributed by atoms with E-state index in [9.17, 15) is 9.18 Å². The highest BCUT2D eigenvalue weighted by Gasteiger charge is 2.30. The number of hydrogen-bond acceptors (Lipinski definition) is 5. The second-order valence-electron chi connectivity index (χ2n) is 9.75. The number of likely N-dealkylation sites (tertiary alicyclic amines) is 1. The van der Waals surface area contributed by atoms with E-state index in [1.54, 1.807) is 16.8 Å². The molecule has 0 radical (unpaired) electrons. The second-order valence-corrected chi connectivity index (χ2v) is 9.75. The molecule has 4 aromatic rings. The molecule has 0 bridgehead atoms. The SMILES string of the molecule is CCc1c(Cc2cc(-n3nc(C)c(C(=O)N4CCCC4C)c3C)ncn2)nn(C)c1-c1ccc(F)cc1. The molecule has 9 heteroatoms. The summed E-state index contributed by atoms with van der Waals surface area (Å²) in [6.07, 6.45) is 4.89. The van der Waals surface area contributed by atoms with Gasteiger partial charge in [-0.1, -0.05) is 6.92 Å². The first-order valence-electron chi connectivity index (χ1n) is 12.8. The normalized spacial score (nSPS) is 15.5. The van der Waals surface area contributed by atoms with E-state index in [1.165, 1.54) is 18.5 Å². The van der Waals surface area contributed by atoms with Gasteiger partial charge in [-0.05, 0) is 64.3 Å². The third-order valence-electron chi connectivity index (χ3n) is 7.29. The Hall–Kier alpha value is -3.88. The fraction of sp³-hybridized carbons (Fsp3) is 0.393. The van der Waals surface area contributed by atoms with Gasteiger partial charge in [0.05, 0.1) is 34.0 Å². The van der Waals surface area contributed by atoms with Crippen molar-refractivity contribution in [3.05, 3.63) is 76.4 Å². The van der Waals surface area contributed by atoms with Crippen molar-refractivity contribution in [2.24, 2.45) is 7.05 Å². The van der Waals surface area contributed by atoms with Gasteiger partial charge < -0.3 is 4.90 Å². The largest absolute Gasteiger partial charge is 0.336 e. The lowest BCUT2D eigenvalue weighted by atomic mass is 10.0. The highest BCUT2D eigenvalue weighted by atomic mass is 19.1. The first kappa shape index (κ1) is 24.8. The van der Waals surface area contributed by atoms with E-state index in [1.807, 2.05) is 36.5 Å². The molecule has 3 aromatic heterocycles. The van der Waals surface area contributed by atoms with E-state index in [4.69, 9.17) is 5.10 Å². The fourth-order valence-electron chi connectivity index (χ4n) is 5.43. The average molecular weight is 502 g/mol. The summed E-state index contributed by atoms with van der Waals surface area (Å²) in [5, 5.41) is 9.45. The van der Waals surface area contributed by atoms with Crippen LogP contribution >= 0.6 is 0 Å². The molecule has 1 saturated heterocycles. The predicted octanol–water partition coefficient (Wildman–Crippen LogP) is 4.60. The summed E-state index contributed by atoms with van der Waals surface area (Å²) in [5.74, 6) is 0.392. The van der Waals surface area contributed by atoms with Gasteiger partial charge in [0.1, 0.15) is 12.1 Å². The maximum Gasteiger partial charge on any atom is 0.257 e. The summed E-state index contributed by atoms with van der Waals surface area (Å²) in [7, 11) is 1.91. The average Bonchev–Trinajstić information content (AvgIpc) is 3.54. The van der Waals surface area contributed by atoms with Crippen LogP contribution in [-0.4, -0.2) is 52.9 Å². The molecule has 192 valence electrons. The molecule has 4 heterocycles. The number of hydrogen-bond donors (Lipinski definition) is 0. The molecule has 1 aromatic carbocycles. The van der Waals surface area contributed by atoms with Crippen LogP contribution in [0.4, 0.5) is 4.39 Å². The maximum atomic E-state index is 13.5. The number of rotatable bonds is 6. The minimum Gasteiger partial charge on any atom is -0.336 e. The molecule has 0 saturated carbocycles. The van der Waals surface area contributed by atoms with E-state index in [0.717, 1.165) is 59.7 Å². The Kier molecular flexibility index (Phi) is 6.62. The molecule has 1 unspecified atom stereocenters. The number of amides is 1. The van der Waals surface area contributed by atoms with Gasteiger partial charge in [0.2, 0.25) is 0 Å². The van der Waals surface area contributed by atoms with E-state index >= 15 is 0 Å². The lowest BCUT2D eigenvalue weighted by molar-refractivity contribution is 0.0746. The van der Waals surface area contributed by atoms with Crippen LogP contribution < -0.4 is 0 Å². The van der Waals surface area contributed by atoms with Crippen LogP contribution in [0.5, 0.6) is 0 Å². The Bertz CT molecular complexity index is 1450. The lowest BCUT2D eigenvalue weighted by Crippen LogP contribution is -2.34. The molecule has 0 N–H and O–H groups in total. The standard InChI is InChI=1S/C28H32FN7O/c1-6-23-24(33-34(5)27(23)20-9-11-21(29)12-10-20)14-22-15-25(31-16-30-22)36-19(4)26(18(3)32-36)28(37)35-13-7-8-17(35)2/h9-12,15-17H,6-8,13-14H2,1-5H3. The summed E-state index contributed by atoms with van der Waals surface area (Å²) in [4.78, 5) is 24.2. The van der Waals surface area contributed by atoms with Crippen molar-refractivity contribution >= 4 is 5.91 Å². The molecular weight excluding hydrogens is 469 g/mol. The first-order chi connectivity index (χ1) is 17.8. The molecule has 8 nitrogen and oxygen atoms in total. The van der Waals surface area contributed by atoms with Gasteiger partial charge in [-0.25, -0.2) is 19.0 Å². The third kappa shape index (κ3) is 4.54. The molecule has 37 heavy (non-hydrogen) atoms. The van der Waals surface area contributed by atoms with Crippen molar-refractivity contribution in [2.75, 3.05) is 6.54 Å². The third-order valence-corrected chi connectivity index (χ3v) is 7.29. The van der Waals surface area contributed by atoms with Crippen molar-refractivity contribution in [1.29, 1.82) is 0 Å². The zero-order valence-electron chi connectivity index (χ0n) is 22.0. The van der Waals surface area contributed by atoms with E-state index in [-0.39, 0.29) is 17.8 Å². The van der Waals surface area contributed by atoms with Gasteiger partial charge >= 0.3 is 0 Å². The number of halogens is 1. The molecular formula is C28H32FN7O. The molecule has 1 atom stereocenters. The molecule has 0 aliphatic carbocycles. The monoisotopic (exact) mass is 501 g/mol. The van der Waals surface area contributed by atoms with Gasteiger partial charge in [0.15, 0.2) is 5.82 Å². The van der Waals surface area contributed by atoms with Gasteiger partial charge in [0, 0.05) is 43.2 Å². The van der Waals surface area contributed by atoms with Crippen LogP contribution in [-0.2, 0) is 19.9 Å². The molecule has 5 rings (SSSR count). The molecule has 0 spiro atoms. The van der Waals surface area contributed by atoms with Gasteiger partial charge in [0.25, 0.3) is 5.91 Å². The highest BCUT2D eigenvalue weighted by Crippen LogP contribution is 2.28. The van der Waals surface area contributed by atoms with Crippen molar-refractivity contribution < 1.29 is 9.18 Å². The maximum absolute atomic E-state index is 13.5. The van der Waals surface area contributed by atoms with Crippen molar-refractivity contribution in [2.45, 2.75) is 59.4 Å². The summed E-state index contributed by atoms with van der Waals surface area (Å²) in [6.45, 7) is 8.76. The second kappa shape index (κ2) is 9.88. The Morgan fingerprint density at radius 3 is 2.57 bits per heavy atom. The zero-order chi connectivity index (χ0) is 26.3.